The van der Waals surface area contributed by atoms with E-state index in [1.54, 1.807) is 12.1 Å². The van der Waals surface area contributed by atoms with E-state index in [0.717, 1.165) is 16.8 Å². The Kier molecular flexibility index (Phi) is 6.36. The van der Waals surface area contributed by atoms with Gasteiger partial charge in [-0.2, -0.15) is 0 Å². The van der Waals surface area contributed by atoms with Crippen molar-refractivity contribution in [2.75, 3.05) is 18.4 Å². The molecule has 1 amide bonds. The minimum atomic E-state index is -0.434. The lowest BCUT2D eigenvalue weighted by Gasteiger charge is -2.11. The van der Waals surface area contributed by atoms with Gasteiger partial charge in [-0.1, -0.05) is 48.5 Å². The summed E-state index contributed by atoms with van der Waals surface area (Å²) in [6, 6.07) is 23.8. The molecule has 0 aliphatic carbocycles. The van der Waals surface area contributed by atoms with Gasteiger partial charge in [0.05, 0.1) is 4.92 Å². The van der Waals surface area contributed by atoms with Crippen molar-refractivity contribution < 1.29 is 9.72 Å². The summed E-state index contributed by atoms with van der Waals surface area (Å²) in [7, 11) is 0. The molecule has 0 aliphatic heterocycles. The molecule has 0 spiro atoms. The molecule has 142 valence electrons. The van der Waals surface area contributed by atoms with Crippen LogP contribution in [0, 0.1) is 10.1 Å². The summed E-state index contributed by atoms with van der Waals surface area (Å²) in [6.45, 7) is 0.958. The first kappa shape index (κ1) is 19.1. The molecule has 0 unspecified atom stereocenters. The molecule has 0 heterocycles. The second-order valence-electron chi connectivity index (χ2n) is 6.31. The summed E-state index contributed by atoms with van der Waals surface area (Å²) in [6.07, 6.45) is 0.700. The van der Waals surface area contributed by atoms with E-state index in [9.17, 15) is 14.9 Å². The second-order valence-corrected chi connectivity index (χ2v) is 6.31. The van der Waals surface area contributed by atoms with Crippen molar-refractivity contribution in [2.45, 2.75) is 6.42 Å². The number of hydrogen-bond donors (Lipinski definition) is 2. The molecule has 0 saturated carbocycles. The molecule has 3 aromatic rings. The van der Waals surface area contributed by atoms with Crippen LogP contribution in [0.1, 0.15) is 21.5 Å². The highest BCUT2D eigenvalue weighted by atomic mass is 16.6. The fourth-order valence-corrected chi connectivity index (χ4v) is 2.89. The Morgan fingerprint density at radius 1 is 0.857 bits per heavy atom. The lowest BCUT2D eigenvalue weighted by Crippen LogP contribution is -2.29. The molecule has 0 radical (unpaired) electrons. The van der Waals surface area contributed by atoms with Gasteiger partial charge in [0.2, 0.25) is 0 Å². The third-order valence-corrected chi connectivity index (χ3v) is 4.32. The first-order valence-corrected chi connectivity index (χ1v) is 9.02. The van der Waals surface area contributed by atoms with Gasteiger partial charge in [0.25, 0.3) is 11.6 Å². The number of amides is 1. The third kappa shape index (κ3) is 5.17. The lowest BCUT2D eigenvalue weighted by atomic mass is 9.99. The van der Waals surface area contributed by atoms with E-state index in [-0.39, 0.29) is 11.6 Å². The number of nitrogens with zero attached hydrogens (tertiary/aromatic N) is 1. The predicted octanol–water partition coefficient (Wildman–Crippen LogP) is 4.03. The number of nitrogens with one attached hydrogen (secondary N) is 2. The number of nitro benzene ring substituents is 1. The number of nitro groups is 1. The van der Waals surface area contributed by atoms with E-state index < -0.39 is 4.92 Å². The molecular weight excluding hydrogens is 354 g/mol. The zero-order valence-electron chi connectivity index (χ0n) is 15.3. The minimum Gasteiger partial charge on any atom is -0.383 e. The van der Waals surface area contributed by atoms with Crippen LogP contribution < -0.4 is 10.6 Å². The van der Waals surface area contributed by atoms with Gasteiger partial charge in [-0.15, -0.1) is 0 Å². The van der Waals surface area contributed by atoms with Crippen LogP contribution in [0.5, 0.6) is 0 Å². The summed E-state index contributed by atoms with van der Waals surface area (Å²) in [5, 5.41) is 16.7. The molecule has 28 heavy (non-hydrogen) atoms. The first-order chi connectivity index (χ1) is 13.6. The molecule has 0 bridgehead atoms. The van der Waals surface area contributed by atoms with Crippen LogP contribution in [-0.4, -0.2) is 23.9 Å². The van der Waals surface area contributed by atoms with Crippen LogP contribution in [-0.2, 0) is 6.42 Å². The van der Waals surface area contributed by atoms with E-state index in [1.807, 2.05) is 54.6 Å². The van der Waals surface area contributed by atoms with Gasteiger partial charge >= 0.3 is 0 Å². The fourth-order valence-electron chi connectivity index (χ4n) is 2.89. The first-order valence-electron chi connectivity index (χ1n) is 9.02. The Bertz CT molecular complexity index is 941. The topological polar surface area (TPSA) is 84.3 Å². The van der Waals surface area contributed by atoms with Crippen LogP contribution >= 0.6 is 0 Å². The van der Waals surface area contributed by atoms with Gasteiger partial charge in [0.15, 0.2) is 0 Å². The van der Waals surface area contributed by atoms with Crippen LogP contribution in [0.15, 0.2) is 78.9 Å². The summed E-state index contributed by atoms with van der Waals surface area (Å²) >= 11 is 0. The Labute approximate surface area is 163 Å². The Hall–Kier alpha value is -3.67. The molecule has 3 rings (SSSR count). The van der Waals surface area contributed by atoms with Gasteiger partial charge < -0.3 is 10.6 Å². The maximum atomic E-state index is 12.6. The van der Waals surface area contributed by atoms with Crippen LogP contribution in [0.25, 0.3) is 0 Å². The van der Waals surface area contributed by atoms with Crippen molar-refractivity contribution in [3.05, 3.63) is 106 Å². The second kappa shape index (κ2) is 9.32. The number of rotatable bonds is 8. The standard InChI is InChI=1S/C22H21N3O3/c26-22(24-15-14-23-19-10-12-20(13-11-19)25(27)28)21-9-5-4-8-18(21)16-17-6-2-1-3-7-17/h1-13,23H,14-16H2,(H,24,26). The Morgan fingerprint density at radius 2 is 1.54 bits per heavy atom. The van der Waals surface area contributed by atoms with E-state index in [2.05, 4.69) is 10.6 Å². The average molecular weight is 375 g/mol. The van der Waals surface area contributed by atoms with E-state index in [1.165, 1.54) is 12.1 Å². The average Bonchev–Trinajstić information content (AvgIpc) is 2.72. The minimum absolute atomic E-state index is 0.0499. The summed E-state index contributed by atoms with van der Waals surface area (Å²) in [5.74, 6) is -0.114. The highest BCUT2D eigenvalue weighted by Gasteiger charge is 2.11. The van der Waals surface area contributed by atoms with Crippen molar-refractivity contribution in [3.63, 3.8) is 0 Å². The van der Waals surface area contributed by atoms with Gasteiger partial charge in [-0.3, -0.25) is 14.9 Å². The number of hydrogen-bond acceptors (Lipinski definition) is 4. The molecule has 6 nitrogen and oxygen atoms in total. The SMILES string of the molecule is O=C(NCCNc1ccc([N+](=O)[O-])cc1)c1ccccc1Cc1ccccc1. The van der Waals surface area contributed by atoms with Crippen LogP contribution in [0.3, 0.4) is 0 Å². The summed E-state index contributed by atoms with van der Waals surface area (Å²) < 4.78 is 0. The summed E-state index contributed by atoms with van der Waals surface area (Å²) in [5.41, 5.74) is 3.62. The zero-order valence-corrected chi connectivity index (χ0v) is 15.3. The van der Waals surface area contributed by atoms with E-state index in [0.29, 0.717) is 25.1 Å². The van der Waals surface area contributed by atoms with Crippen molar-refractivity contribution in [3.8, 4) is 0 Å². The molecule has 0 saturated heterocycles. The van der Waals surface area contributed by atoms with Crippen molar-refractivity contribution in [2.24, 2.45) is 0 Å². The van der Waals surface area contributed by atoms with E-state index in [4.69, 9.17) is 0 Å². The zero-order chi connectivity index (χ0) is 19.8. The maximum Gasteiger partial charge on any atom is 0.269 e. The highest BCUT2D eigenvalue weighted by Crippen LogP contribution is 2.16. The van der Waals surface area contributed by atoms with Gasteiger partial charge in [-0.05, 0) is 35.7 Å². The maximum absolute atomic E-state index is 12.6. The third-order valence-electron chi connectivity index (χ3n) is 4.32. The quantitative estimate of drug-likeness (QED) is 0.354. The number of benzene rings is 3. The largest absolute Gasteiger partial charge is 0.383 e. The highest BCUT2D eigenvalue weighted by molar-refractivity contribution is 5.95. The fraction of sp³-hybridized carbons (Fsp3) is 0.136. The molecule has 0 atom stereocenters. The number of carbonyl (C=O) groups excluding carboxylic acids is 1. The monoisotopic (exact) mass is 375 g/mol. The van der Waals surface area contributed by atoms with Gasteiger partial charge in [-0.25, -0.2) is 0 Å². The lowest BCUT2D eigenvalue weighted by molar-refractivity contribution is -0.384. The van der Waals surface area contributed by atoms with Crippen molar-refractivity contribution in [1.82, 2.24) is 5.32 Å². The number of non-ortho nitro benzene ring substituents is 1. The normalized spacial score (nSPS) is 10.3. The predicted molar refractivity (Wildman–Crippen MR) is 110 cm³/mol. The molecular formula is C22H21N3O3. The molecule has 6 heteroatoms. The van der Waals surface area contributed by atoms with Gasteiger partial charge in [0, 0.05) is 36.5 Å². The van der Waals surface area contributed by atoms with Crippen LogP contribution in [0.2, 0.25) is 0 Å². The van der Waals surface area contributed by atoms with E-state index >= 15 is 0 Å². The Balaban J connectivity index is 1.53. The smallest absolute Gasteiger partial charge is 0.269 e. The van der Waals surface area contributed by atoms with Gasteiger partial charge in [0.1, 0.15) is 0 Å². The molecule has 0 fully saturated rings. The summed E-state index contributed by atoms with van der Waals surface area (Å²) in [4.78, 5) is 22.8. The van der Waals surface area contributed by atoms with Crippen molar-refractivity contribution >= 4 is 17.3 Å². The molecule has 2 N–H and O–H groups in total. The number of carbonyl (C=O) groups is 1. The number of anilines is 1. The van der Waals surface area contributed by atoms with Crippen LogP contribution in [0.4, 0.5) is 11.4 Å². The Morgan fingerprint density at radius 3 is 2.25 bits per heavy atom. The molecule has 0 aromatic heterocycles. The van der Waals surface area contributed by atoms with Crippen molar-refractivity contribution in [1.29, 1.82) is 0 Å². The molecule has 3 aromatic carbocycles. The molecule has 0 aliphatic rings.